The molecule has 74 valence electrons. The molecule has 0 radical (unpaired) electrons. The zero-order valence-corrected chi connectivity index (χ0v) is 7.74. The quantitative estimate of drug-likeness (QED) is 0.769. The topological polar surface area (TPSA) is 55.8 Å². The van der Waals surface area contributed by atoms with Crippen LogP contribution in [0.3, 0.4) is 0 Å². The minimum atomic E-state index is 0.0216. The minimum absolute atomic E-state index is 0.0216. The lowest BCUT2D eigenvalue weighted by molar-refractivity contribution is -0.116. The van der Waals surface area contributed by atoms with E-state index in [1.54, 1.807) is 0 Å². The van der Waals surface area contributed by atoms with E-state index in [0.29, 0.717) is 17.1 Å². The van der Waals surface area contributed by atoms with E-state index in [9.17, 15) is 9.90 Å². The number of Topliss-reactive ketones (excluding diaryl/α,β-unsaturated/α-hetero) is 1. The Kier molecular flexibility index (Phi) is 2.04. The molecule has 4 nitrogen and oxygen atoms in total. The van der Waals surface area contributed by atoms with E-state index in [4.69, 9.17) is 9.47 Å². The average molecular weight is 194 g/mol. The highest BCUT2D eigenvalue weighted by Gasteiger charge is 2.19. The first-order valence-electron chi connectivity index (χ1n) is 4.28. The molecule has 0 saturated carbocycles. The largest absolute Gasteiger partial charge is 0.508 e. The number of rotatable bonds is 2. The highest BCUT2D eigenvalue weighted by molar-refractivity contribution is 5.79. The molecule has 1 aliphatic rings. The van der Waals surface area contributed by atoms with Crippen LogP contribution < -0.4 is 9.47 Å². The van der Waals surface area contributed by atoms with Crippen LogP contribution in [0.5, 0.6) is 17.2 Å². The van der Waals surface area contributed by atoms with E-state index in [1.807, 2.05) is 0 Å². The molecular weight excluding hydrogens is 184 g/mol. The maximum Gasteiger partial charge on any atom is 0.231 e. The molecule has 0 spiro atoms. The molecule has 4 heteroatoms. The fourth-order valence-electron chi connectivity index (χ4n) is 1.47. The van der Waals surface area contributed by atoms with Gasteiger partial charge < -0.3 is 14.6 Å². The third-order valence-electron chi connectivity index (χ3n) is 1.97. The van der Waals surface area contributed by atoms with Crippen LogP contribution in [0.25, 0.3) is 0 Å². The van der Waals surface area contributed by atoms with Crippen molar-refractivity contribution >= 4 is 5.78 Å². The molecule has 1 heterocycles. The summed E-state index contributed by atoms with van der Waals surface area (Å²) in [7, 11) is 0. The first kappa shape index (κ1) is 8.87. The summed E-state index contributed by atoms with van der Waals surface area (Å²) < 4.78 is 10.3. The van der Waals surface area contributed by atoms with Gasteiger partial charge in [-0.1, -0.05) is 0 Å². The molecule has 0 atom stereocenters. The number of fused-ring (bicyclic) bond motifs is 1. The summed E-state index contributed by atoms with van der Waals surface area (Å²) >= 11 is 0. The van der Waals surface area contributed by atoms with Crippen molar-refractivity contribution in [3.05, 3.63) is 17.7 Å². The van der Waals surface area contributed by atoms with E-state index in [2.05, 4.69) is 0 Å². The molecule has 1 aliphatic heterocycles. The predicted octanol–water partition coefficient (Wildman–Crippen LogP) is 1.25. The van der Waals surface area contributed by atoms with Gasteiger partial charge in [-0.25, -0.2) is 0 Å². The lowest BCUT2D eigenvalue weighted by Gasteiger charge is -2.04. The Morgan fingerprint density at radius 1 is 1.50 bits per heavy atom. The zero-order valence-electron chi connectivity index (χ0n) is 7.74. The van der Waals surface area contributed by atoms with E-state index >= 15 is 0 Å². The average Bonchev–Trinajstić information content (AvgIpc) is 2.50. The van der Waals surface area contributed by atoms with Gasteiger partial charge in [-0.15, -0.1) is 0 Å². The highest BCUT2D eigenvalue weighted by Crippen LogP contribution is 2.39. The van der Waals surface area contributed by atoms with E-state index in [1.165, 1.54) is 19.1 Å². The SMILES string of the molecule is CC(=O)Cc1cc(O)cc2c1OCO2. The van der Waals surface area contributed by atoms with Crippen LogP contribution in [0.2, 0.25) is 0 Å². The first-order chi connectivity index (χ1) is 6.66. The number of ether oxygens (including phenoxy) is 2. The van der Waals surface area contributed by atoms with Gasteiger partial charge >= 0.3 is 0 Å². The summed E-state index contributed by atoms with van der Waals surface area (Å²) in [5.41, 5.74) is 0.671. The predicted molar refractivity (Wildman–Crippen MR) is 48.6 cm³/mol. The number of carbonyl (C=O) groups excluding carboxylic acids is 1. The van der Waals surface area contributed by atoms with Crippen molar-refractivity contribution in [1.29, 1.82) is 0 Å². The number of carbonyl (C=O) groups is 1. The van der Waals surface area contributed by atoms with Crippen molar-refractivity contribution in [2.75, 3.05) is 6.79 Å². The van der Waals surface area contributed by atoms with Crippen molar-refractivity contribution in [2.24, 2.45) is 0 Å². The Morgan fingerprint density at radius 2 is 2.29 bits per heavy atom. The molecule has 0 saturated heterocycles. The van der Waals surface area contributed by atoms with Crippen molar-refractivity contribution < 1.29 is 19.4 Å². The van der Waals surface area contributed by atoms with Crippen LogP contribution in [0.1, 0.15) is 12.5 Å². The number of aromatic hydroxyl groups is 1. The van der Waals surface area contributed by atoms with Crippen LogP contribution in [0.15, 0.2) is 12.1 Å². The molecule has 1 N–H and O–H groups in total. The van der Waals surface area contributed by atoms with Crippen LogP contribution in [0, 0.1) is 0 Å². The fraction of sp³-hybridized carbons (Fsp3) is 0.300. The van der Waals surface area contributed by atoms with Gasteiger partial charge in [0.2, 0.25) is 6.79 Å². The number of phenolic OH excluding ortho intramolecular Hbond substituents is 1. The van der Waals surface area contributed by atoms with Gasteiger partial charge in [-0.2, -0.15) is 0 Å². The summed E-state index contributed by atoms with van der Waals surface area (Å²) in [6.07, 6.45) is 0.250. The molecule has 0 bridgehead atoms. The molecule has 1 aromatic rings. The second-order valence-corrected chi connectivity index (χ2v) is 3.22. The van der Waals surface area contributed by atoms with Crippen LogP contribution in [-0.4, -0.2) is 17.7 Å². The summed E-state index contributed by atoms with van der Waals surface area (Å²) in [5.74, 6) is 1.18. The number of benzene rings is 1. The van der Waals surface area contributed by atoms with Crippen LogP contribution >= 0.6 is 0 Å². The van der Waals surface area contributed by atoms with Gasteiger partial charge in [0.05, 0.1) is 0 Å². The van der Waals surface area contributed by atoms with Gasteiger partial charge in [0, 0.05) is 18.1 Å². The van der Waals surface area contributed by atoms with E-state index in [-0.39, 0.29) is 24.7 Å². The standard InChI is InChI=1S/C10H10O4/c1-6(11)2-7-3-8(12)4-9-10(7)14-5-13-9/h3-4,12H,2,5H2,1H3. The summed E-state index contributed by atoms with van der Waals surface area (Å²) in [4.78, 5) is 10.9. The summed E-state index contributed by atoms with van der Waals surface area (Å²) in [6, 6.07) is 3.00. The fourth-order valence-corrected chi connectivity index (χ4v) is 1.47. The Morgan fingerprint density at radius 3 is 3.00 bits per heavy atom. The van der Waals surface area contributed by atoms with E-state index in [0.717, 1.165) is 0 Å². The lowest BCUT2D eigenvalue weighted by Crippen LogP contribution is -1.98. The Hall–Kier alpha value is -1.71. The summed E-state index contributed by atoms with van der Waals surface area (Å²) in [5, 5.41) is 9.34. The van der Waals surface area contributed by atoms with Crippen molar-refractivity contribution in [3.63, 3.8) is 0 Å². The molecule has 1 aromatic carbocycles. The molecule has 0 fully saturated rings. The third-order valence-corrected chi connectivity index (χ3v) is 1.97. The normalized spacial score (nSPS) is 12.9. The van der Waals surface area contributed by atoms with Crippen molar-refractivity contribution in [2.45, 2.75) is 13.3 Å². The van der Waals surface area contributed by atoms with E-state index < -0.39 is 0 Å². The lowest BCUT2D eigenvalue weighted by atomic mass is 10.1. The molecule has 14 heavy (non-hydrogen) atoms. The highest BCUT2D eigenvalue weighted by atomic mass is 16.7. The molecular formula is C10H10O4. The monoisotopic (exact) mass is 194 g/mol. The minimum Gasteiger partial charge on any atom is -0.508 e. The maximum atomic E-state index is 10.9. The molecule has 2 rings (SSSR count). The smallest absolute Gasteiger partial charge is 0.231 e. The molecule has 0 unspecified atom stereocenters. The van der Waals surface area contributed by atoms with Gasteiger partial charge in [0.1, 0.15) is 11.5 Å². The van der Waals surface area contributed by atoms with Crippen LogP contribution in [0.4, 0.5) is 0 Å². The van der Waals surface area contributed by atoms with Crippen molar-refractivity contribution in [1.82, 2.24) is 0 Å². The number of hydrogen-bond donors (Lipinski definition) is 1. The zero-order chi connectivity index (χ0) is 10.1. The Labute approximate surface area is 81.1 Å². The van der Waals surface area contributed by atoms with Gasteiger partial charge in [-0.3, -0.25) is 4.79 Å². The van der Waals surface area contributed by atoms with Gasteiger partial charge in [0.25, 0.3) is 0 Å². The van der Waals surface area contributed by atoms with Gasteiger partial charge in [-0.05, 0) is 13.0 Å². The Balaban J connectivity index is 2.43. The first-order valence-corrected chi connectivity index (χ1v) is 4.28. The van der Waals surface area contributed by atoms with Crippen molar-refractivity contribution in [3.8, 4) is 17.2 Å². The molecule has 0 aromatic heterocycles. The number of hydrogen-bond acceptors (Lipinski definition) is 4. The summed E-state index contributed by atoms with van der Waals surface area (Å²) in [6.45, 7) is 1.63. The second-order valence-electron chi connectivity index (χ2n) is 3.22. The second kappa shape index (κ2) is 3.21. The number of phenols is 1. The molecule has 0 amide bonds. The van der Waals surface area contributed by atoms with Gasteiger partial charge in [0.15, 0.2) is 11.5 Å². The van der Waals surface area contributed by atoms with Crippen LogP contribution in [-0.2, 0) is 11.2 Å². The maximum absolute atomic E-state index is 10.9. The Bertz CT molecular complexity index is 384. The molecule has 0 aliphatic carbocycles. The number of ketones is 1. The third kappa shape index (κ3) is 1.51.